The highest BCUT2D eigenvalue weighted by atomic mass is 19.4. The topological polar surface area (TPSA) is 50.1 Å². The van der Waals surface area contributed by atoms with Crippen LogP contribution in [0.25, 0.3) is 4.85 Å². The minimum Gasteiger partial charge on any atom is -0.396 e. The molecule has 2 heterocycles. The molecule has 166 valence electrons. The van der Waals surface area contributed by atoms with E-state index in [0.717, 1.165) is 24.0 Å². The monoisotopic (exact) mass is 432 g/mol. The van der Waals surface area contributed by atoms with Gasteiger partial charge in [0.2, 0.25) is 0 Å². The van der Waals surface area contributed by atoms with Gasteiger partial charge in [-0.15, -0.1) is 21.8 Å². The first-order valence-corrected chi connectivity index (χ1v) is 10.4. The number of aromatic nitrogens is 2. The zero-order valence-corrected chi connectivity index (χ0v) is 18.5. The minimum atomic E-state index is -4.28. The van der Waals surface area contributed by atoms with Gasteiger partial charge in [0.05, 0.1) is 12.2 Å². The van der Waals surface area contributed by atoms with Crippen molar-refractivity contribution in [1.29, 1.82) is 0 Å². The smallest absolute Gasteiger partial charge is 0.396 e. The van der Waals surface area contributed by atoms with E-state index in [-0.39, 0.29) is 17.4 Å². The fourth-order valence-electron chi connectivity index (χ4n) is 4.66. The van der Waals surface area contributed by atoms with Crippen LogP contribution in [0, 0.1) is 13.5 Å². The molecule has 1 aliphatic rings. The van der Waals surface area contributed by atoms with Gasteiger partial charge in [0, 0.05) is 17.1 Å². The molecule has 0 spiro atoms. The van der Waals surface area contributed by atoms with Gasteiger partial charge in [0.25, 0.3) is 5.82 Å². The summed E-state index contributed by atoms with van der Waals surface area (Å²) in [6.07, 6.45) is -1.18. The van der Waals surface area contributed by atoms with Crippen molar-refractivity contribution in [3.63, 3.8) is 0 Å². The molecule has 1 atom stereocenters. The maximum Gasteiger partial charge on any atom is 0.405 e. The molecule has 1 aromatic heterocycles. The van der Waals surface area contributed by atoms with Crippen molar-refractivity contribution in [1.82, 2.24) is 9.55 Å². The van der Waals surface area contributed by atoms with Crippen LogP contribution in [0.5, 0.6) is 0 Å². The molecular formula is C22H27F3N6. The summed E-state index contributed by atoms with van der Waals surface area (Å²) in [7, 11) is 0. The van der Waals surface area contributed by atoms with Crippen molar-refractivity contribution in [3.8, 4) is 0 Å². The Morgan fingerprint density at radius 3 is 2.39 bits per heavy atom. The first kappa shape index (κ1) is 22.8. The third-order valence-electron chi connectivity index (χ3n) is 6.48. The van der Waals surface area contributed by atoms with Crippen molar-refractivity contribution in [2.45, 2.75) is 71.6 Å². The highest BCUT2D eigenvalue weighted by Crippen LogP contribution is 2.52. The second kappa shape index (κ2) is 8.33. The molecule has 1 unspecified atom stereocenters. The standard InChI is InChI=1S/C22H27F3N6/c1-7-21(8-2)15(5)31(13-22(23,24)25)18-10-14(4)17(11-16(18)21)28-29-19-12-30(9-3)20(26-6)27-19/h10-12,15H,7-9,13H2,1-5H3. The number of fused-ring (bicyclic) bond motifs is 1. The molecule has 0 N–H and O–H groups in total. The zero-order chi connectivity index (χ0) is 23.0. The SMILES string of the molecule is [C-]#[N+]c1nc(N=Nc2cc3c(cc2C)N(CC(F)(F)F)C(C)C3(CC)CC)cn1CC. The Bertz CT molecular complexity index is 1030. The van der Waals surface area contributed by atoms with Crippen LogP contribution < -0.4 is 4.90 Å². The Morgan fingerprint density at radius 2 is 1.87 bits per heavy atom. The molecule has 2 aromatic rings. The first-order valence-electron chi connectivity index (χ1n) is 10.4. The molecule has 6 nitrogen and oxygen atoms in total. The molecule has 0 fully saturated rings. The lowest BCUT2D eigenvalue weighted by molar-refractivity contribution is -0.120. The lowest BCUT2D eigenvalue weighted by atomic mass is 9.72. The number of rotatable bonds is 6. The summed E-state index contributed by atoms with van der Waals surface area (Å²) in [6, 6.07) is 3.38. The van der Waals surface area contributed by atoms with E-state index in [4.69, 9.17) is 6.57 Å². The van der Waals surface area contributed by atoms with E-state index in [1.165, 1.54) is 4.90 Å². The molecular weight excluding hydrogens is 405 g/mol. The Morgan fingerprint density at radius 1 is 1.19 bits per heavy atom. The highest BCUT2D eigenvalue weighted by Gasteiger charge is 2.49. The molecule has 3 rings (SSSR count). The molecule has 0 saturated carbocycles. The average molecular weight is 432 g/mol. The molecule has 0 radical (unpaired) electrons. The van der Waals surface area contributed by atoms with Crippen LogP contribution in [0.3, 0.4) is 0 Å². The lowest BCUT2D eigenvalue weighted by Crippen LogP contribution is -2.45. The Hall–Kier alpha value is -2.89. The second-order valence-electron chi connectivity index (χ2n) is 7.94. The molecule has 0 saturated heterocycles. The van der Waals surface area contributed by atoms with Crippen LogP contribution in [-0.2, 0) is 12.0 Å². The minimum absolute atomic E-state index is 0.245. The van der Waals surface area contributed by atoms with E-state index in [9.17, 15) is 13.2 Å². The van der Waals surface area contributed by atoms with Crippen LogP contribution >= 0.6 is 0 Å². The normalized spacial score (nSPS) is 17.9. The van der Waals surface area contributed by atoms with Gasteiger partial charge in [-0.25, -0.2) is 0 Å². The predicted molar refractivity (Wildman–Crippen MR) is 115 cm³/mol. The number of imidazole rings is 1. The van der Waals surface area contributed by atoms with Crippen molar-refractivity contribution in [2.75, 3.05) is 11.4 Å². The zero-order valence-electron chi connectivity index (χ0n) is 18.5. The number of aryl methyl sites for hydroxylation is 2. The molecule has 31 heavy (non-hydrogen) atoms. The van der Waals surface area contributed by atoms with Crippen LogP contribution in [0.15, 0.2) is 28.6 Å². The summed E-state index contributed by atoms with van der Waals surface area (Å²) in [5.74, 6) is 0.576. The summed E-state index contributed by atoms with van der Waals surface area (Å²) in [4.78, 5) is 9.00. The molecule has 0 aliphatic carbocycles. The predicted octanol–water partition coefficient (Wildman–Crippen LogP) is 7.01. The number of azo groups is 1. The van der Waals surface area contributed by atoms with Crippen molar-refractivity contribution >= 4 is 23.1 Å². The number of hydrogen-bond donors (Lipinski definition) is 0. The van der Waals surface area contributed by atoms with Gasteiger partial charge in [0.15, 0.2) is 0 Å². The summed E-state index contributed by atoms with van der Waals surface area (Å²) in [5.41, 5.74) is 2.46. The number of alkyl halides is 3. The van der Waals surface area contributed by atoms with Gasteiger partial charge < -0.3 is 9.74 Å². The molecule has 0 bridgehead atoms. The Labute approximate surface area is 180 Å². The van der Waals surface area contributed by atoms with Crippen LogP contribution in [0.1, 0.15) is 51.7 Å². The van der Waals surface area contributed by atoms with E-state index in [2.05, 4.69) is 20.1 Å². The van der Waals surface area contributed by atoms with E-state index in [1.807, 2.05) is 40.7 Å². The largest absolute Gasteiger partial charge is 0.405 e. The van der Waals surface area contributed by atoms with Crippen LogP contribution in [0.2, 0.25) is 0 Å². The maximum absolute atomic E-state index is 13.3. The van der Waals surface area contributed by atoms with E-state index >= 15 is 0 Å². The van der Waals surface area contributed by atoms with Crippen molar-refractivity contribution in [3.05, 3.63) is 40.9 Å². The highest BCUT2D eigenvalue weighted by molar-refractivity contribution is 5.70. The van der Waals surface area contributed by atoms with E-state index in [0.29, 0.717) is 23.7 Å². The van der Waals surface area contributed by atoms with Gasteiger partial charge >= 0.3 is 12.1 Å². The van der Waals surface area contributed by atoms with Gasteiger partial charge in [-0.3, -0.25) is 4.57 Å². The van der Waals surface area contributed by atoms with Crippen molar-refractivity contribution < 1.29 is 13.2 Å². The van der Waals surface area contributed by atoms with E-state index < -0.39 is 12.7 Å². The summed E-state index contributed by atoms with van der Waals surface area (Å²) in [5, 5.41) is 8.53. The fraction of sp³-hybridized carbons (Fsp3) is 0.545. The number of halogens is 3. The van der Waals surface area contributed by atoms with E-state index in [1.54, 1.807) is 16.8 Å². The second-order valence-corrected chi connectivity index (χ2v) is 7.94. The maximum atomic E-state index is 13.3. The molecule has 1 aromatic carbocycles. The van der Waals surface area contributed by atoms with Crippen molar-refractivity contribution in [2.24, 2.45) is 10.2 Å². The van der Waals surface area contributed by atoms with Gasteiger partial charge in [-0.2, -0.15) is 13.2 Å². The molecule has 0 amide bonds. The Kier molecular flexibility index (Phi) is 6.12. The molecule has 1 aliphatic heterocycles. The third kappa shape index (κ3) is 4.03. The summed E-state index contributed by atoms with van der Waals surface area (Å²) in [6.45, 7) is 16.4. The lowest BCUT2D eigenvalue weighted by Gasteiger charge is -2.36. The third-order valence-corrected chi connectivity index (χ3v) is 6.48. The number of hydrogen-bond acceptors (Lipinski definition) is 4. The molecule has 9 heteroatoms. The number of anilines is 1. The fourth-order valence-corrected chi connectivity index (χ4v) is 4.66. The summed E-state index contributed by atoms with van der Waals surface area (Å²) < 4.78 is 41.6. The Balaban J connectivity index is 2.06. The quantitative estimate of drug-likeness (QED) is 0.364. The number of benzene rings is 1. The number of nitrogens with zero attached hydrogens (tertiary/aromatic N) is 6. The van der Waals surface area contributed by atoms with Crippen LogP contribution in [0.4, 0.5) is 36.3 Å². The first-order chi connectivity index (χ1) is 14.6. The van der Waals surface area contributed by atoms with Gasteiger partial charge in [-0.1, -0.05) is 13.8 Å². The van der Waals surface area contributed by atoms with Crippen LogP contribution in [-0.4, -0.2) is 28.3 Å². The van der Waals surface area contributed by atoms with Gasteiger partial charge in [-0.05, 0) is 56.9 Å². The average Bonchev–Trinajstić information content (AvgIpc) is 3.22. The van der Waals surface area contributed by atoms with Gasteiger partial charge in [0.1, 0.15) is 12.7 Å². The summed E-state index contributed by atoms with van der Waals surface area (Å²) >= 11 is 0.